The molecule has 0 spiro atoms. The Morgan fingerprint density at radius 2 is 1.62 bits per heavy atom. The molecule has 0 atom stereocenters. The average molecular weight is 547 g/mol. The highest BCUT2D eigenvalue weighted by molar-refractivity contribution is 6.30. The predicted octanol–water partition coefficient (Wildman–Crippen LogP) is 8.36. The standard InChI is InChI=1S/C31H35ClN4O3/c1-3-5-19-35(20-6-4-2)22-36-27-13-9-7-11-25(27)29(31(36)38)33-34-30(37)26-12-8-10-14-28(26)39-21-23-15-17-24(32)18-16-23/h7-18,38H,3-6,19-22H2,1-2H3. The number of aromatic nitrogens is 1. The highest BCUT2D eigenvalue weighted by Gasteiger charge is 2.19. The summed E-state index contributed by atoms with van der Waals surface area (Å²) in [7, 11) is 0. The maximum absolute atomic E-state index is 13.1. The van der Waals surface area contributed by atoms with E-state index in [2.05, 4.69) is 29.0 Å². The van der Waals surface area contributed by atoms with Gasteiger partial charge >= 0.3 is 0 Å². The van der Waals surface area contributed by atoms with Crippen molar-refractivity contribution in [2.45, 2.75) is 52.8 Å². The summed E-state index contributed by atoms with van der Waals surface area (Å²) >= 11 is 5.96. The highest BCUT2D eigenvalue weighted by Crippen LogP contribution is 2.39. The number of azo groups is 1. The van der Waals surface area contributed by atoms with Crippen LogP contribution in [0.1, 0.15) is 55.5 Å². The normalized spacial score (nSPS) is 11.6. The molecular weight excluding hydrogens is 512 g/mol. The van der Waals surface area contributed by atoms with Gasteiger partial charge in [-0.2, -0.15) is 0 Å². The second kappa shape index (κ2) is 13.9. The number of nitrogens with zero attached hydrogens (tertiary/aromatic N) is 4. The number of hydrogen-bond acceptors (Lipinski definition) is 5. The van der Waals surface area contributed by atoms with Gasteiger partial charge in [0.15, 0.2) is 5.69 Å². The van der Waals surface area contributed by atoms with Gasteiger partial charge in [0.2, 0.25) is 5.88 Å². The van der Waals surface area contributed by atoms with Gasteiger partial charge in [-0.15, -0.1) is 10.2 Å². The first-order chi connectivity index (χ1) is 19.0. The second-order valence-corrected chi connectivity index (χ2v) is 9.94. The molecule has 1 N–H and O–H groups in total. The lowest BCUT2D eigenvalue weighted by Crippen LogP contribution is -2.28. The Morgan fingerprint density at radius 3 is 2.33 bits per heavy atom. The number of carbonyl (C=O) groups excluding carboxylic acids is 1. The van der Waals surface area contributed by atoms with Gasteiger partial charge < -0.3 is 9.84 Å². The lowest BCUT2D eigenvalue weighted by Gasteiger charge is -2.23. The summed E-state index contributed by atoms with van der Waals surface area (Å²) in [6.07, 6.45) is 4.38. The number of hydrogen-bond donors (Lipinski definition) is 1. The molecule has 1 aromatic heterocycles. The fourth-order valence-corrected chi connectivity index (χ4v) is 4.52. The molecule has 4 rings (SSSR count). The van der Waals surface area contributed by atoms with E-state index in [-0.39, 0.29) is 18.2 Å². The fraction of sp³-hybridized carbons (Fsp3) is 0.323. The van der Waals surface area contributed by atoms with Crippen LogP contribution in [0.25, 0.3) is 10.9 Å². The number of benzene rings is 3. The molecule has 39 heavy (non-hydrogen) atoms. The van der Waals surface area contributed by atoms with Crippen LogP contribution < -0.4 is 4.74 Å². The molecule has 7 nitrogen and oxygen atoms in total. The average Bonchev–Trinajstić information content (AvgIpc) is 3.23. The molecule has 0 saturated carbocycles. The number of ether oxygens (including phenoxy) is 1. The lowest BCUT2D eigenvalue weighted by atomic mass is 10.2. The van der Waals surface area contributed by atoms with Gasteiger partial charge in [-0.05, 0) is 61.8 Å². The van der Waals surface area contributed by atoms with Gasteiger partial charge in [0.25, 0.3) is 5.91 Å². The van der Waals surface area contributed by atoms with Gasteiger partial charge in [0, 0.05) is 10.4 Å². The first-order valence-corrected chi connectivity index (χ1v) is 13.8. The number of para-hydroxylation sites is 2. The molecule has 0 radical (unpaired) electrons. The molecule has 0 unspecified atom stereocenters. The molecule has 0 bridgehead atoms. The Labute approximate surface area is 234 Å². The van der Waals surface area contributed by atoms with Crippen LogP contribution in [0.2, 0.25) is 5.02 Å². The van der Waals surface area contributed by atoms with Crippen molar-refractivity contribution in [2.24, 2.45) is 10.2 Å². The zero-order valence-electron chi connectivity index (χ0n) is 22.5. The topological polar surface area (TPSA) is 79.4 Å². The van der Waals surface area contributed by atoms with Gasteiger partial charge in [-0.1, -0.05) is 80.8 Å². The summed E-state index contributed by atoms with van der Waals surface area (Å²) < 4.78 is 7.77. The smallest absolute Gasteiger partial charge is 0.299 e. The minimum absolute atomic E-state index is 0.00183. The predicted molar refractivity (Wildman–Crippen MR) is 156 cm³/mol. The van der Waals surface area contributed by atoms with Crippen LogP contribution in [-0.2, 0) is 13.3 Å². The highest BCUT2D eigenvalue weighted by atomic mass is 35.5. The summed E-state index contributed by atoms with van der Waals surface area (Å²) in [5.74, 6) is -0.144. The van der Waals surface area contributed by atoms with E-state index in [9.17, 15) is 9.90 Å². The molecule has 0 saturated heterocycles. The summed E-state index contributed by atoms with van der Waals surface area (Å²) in [5, 5.41) is 20.8. The molecule has 4 aromatic rings. The van der Waals surface area contributed by atoms with E-state index in [0.717, 1.165) is 55.2 Å². The monoisotopic (exact) mass is 546 g/mol. The van der Waals surface area contributed by atoms with Crippen LogP contribution >= 0.6 is 11.6 Å². The van der Waals surface area contributed by atoms with Gasteiger partial charge in [0.1, 0.15) is 12.4 Å². The van der Waals surface area contributed by atoms with E-state index >= 15 is 0 Å². The minimum Gasteiger partial charge on any atom is -0.493 e. The van der Waals surface area contributed by atoms with Crippen LogP contribution in [0.3, 0.4) is 0 Å². The fourth-order valence-electron chi connectivity index (χ4n) is 4.39. The number of carbonyl (C=O) groups is 1. The summed E-state index contributed by atoms with van der Waals surface area (Å²) in [6, 6.07) is 21.9. The van der Waals surface area contributed by atoms with E-state index in [1.54, 1.807) is 36.4 Å². The first kappa shape index (κ1) is 28.3. The molecule has 0 aliphatic heterocycles. The van der Waals surface area contributed by atoms with E-state index in [1.165, 1.54) is 0 Å². The SMILES string of the molecule is CCCCN(CCCC)Cn1c(O)c(N=NC(=O)c2ccccc2OCc2ccc(Cl)cc2)c2ccccc21. The van der Waals surface area contributed by atoms with Gasteiger partial charge in [0.05, 0.1) is 17.7 Å². The molecular formula is C31H35ClN4O3. The molecule has 1 heterocycles. The van der Waals surface area contributed by atoms with Crippen LogP contribution in [-0.4, -0.2) is 33.6 Å². The maximum atomic E-state index is 13.1. The number of aromatic hydroxyl groups is 1. The van der Waals surface area contributed by atoms with Crippen molar-refractivity contribution in [3.63, 3.8) is 0 Å². The Balaban J connectivity index is 1.57. The van der Waals surface area contributed by atoms with E-state index < -0.39 is 5.91 Å². The van der Waals surface area contributed by atoms with Gasteiger partial charge in [-0.3, -0.25) is 14.3 Å². The third-order valence-corrected chi connectivity index (χ3v) is 6.83. The van der Waals surface area contributed by atoms with E-state index in [4.69, 9.17) is 16.3 Å². The van der Waals surface area contributed by atoms with Crippen molar-refractivity contribution in [1.82, 2.24) is 9.47 Å². The molecule has 0 fully saturated rings. The van der Waals surface area contributed by atoms with Crippen LogP contribution in [0.5, 0.6) is 11.6 Å². The minimum atomic E-state index is -0.551. The summed E-state index contributed by atoms with van der Waals surface area (Å²) in [4.78, 5) is 15.5. The third kappa shape index (κ3) is 7.25. The molecule has 3 aromatic carbocycles. The Hall–Kier alpha value is -3.68. The Bertz CT molecular complexity index is 1410. The molecule has 0 aliphatic carbocycles. The number of fused-ring (bicyclic) bond motifs is 1. The zero-order valence-corrected chi connectivity index (χ0v) is 23.3. The van der Waals surface area contributed by atoms with Crippen LogP contribution in [0.4, 0.5) is 5.69 Å². The van der Waals surface area contributed by atoms with Crippen LogP contribution in [0.15, 0.2) is 83.0 Å². The van der Waals surface area contributed by atoms with Crippen molar-refractivity contribution in [3.8, 4) is 11.6 Å². The zero-order chi connectivity index (χ0) is 27.6. The van der Waals surface area contributed by atoms with Crippen molar-refractivity contribution < 1.29 is 14.6 Å². The van der Waals surface area contributed by atoms with Crippen molar-refractivity contribution in [3.05, 3.63) is 88.9 Å². The van der Waals surface area contributed by atoms with E-state index in [0.29, 0.717) is 23.0 Å². The van der Waals surface area contributed by atoms with Crippen molar-refractivity contribution in [2.75, 3.05) is 13.1 Å². The number of unbranched alkanes of at least 4 members (excludes halogenated alkanes) is 2. The number of halogens is 1. The summed E-state index contributed by atoms with van der Waals surface area (Å²) in [5.41, 5.74) is 2.35. The molecule has 0 aliphatic rings. The quantitative estimate of drug-likeness (QED) is 0.171. The largest absolute Gasteiger partial charge is 0.493 e. The number of amides is 1. The second-order valence-electron chi connectivity index (χ2n) is 9.50. The van der Waals surface area contributed by atoms with Crippen LogP contribution in [0, 0.1) is 0 Å². The Kier molecular flexibility index (Phi) is 10.1. The lowest BCUT2D eigenvalue weighted by molar-refractivity contribution is 0.0990. The third-order valence-electron chi connectivity index (χ3n) is 6.58. The number of rotatable bonds is 13. The molecule has 204 valence electrons. The van der Waals surface area contributed by atoms with E-state index in [1.807, 2.05) is 41.0 Å². The van der Waals surface area contributed by atoms with Gasteiger partial charge in [-0.25, -0.2) is 0 Å². The summed E-state index contributed by atoms with van der Waals surface area (Å²) in [6.45, 7) is 7.07. The first-order valence-electron chi connectivity index (χ1n) is 13.5. The Morgan fingerprint density at radius 1 is 0.949 bits per heavy atom. The molecule has 1 amide bonds. The van der Waals surface area contributed by atoms with Crippen molar-refractivity contribution >= 4 is 34.1 Å². The molecule has 8 heteroatoms. The van der Waals surface area contributed by atoms with Crippen molar-refractivity contribution in [1.29, 1.82) is 0 Å². The maximum Gasteiger partial charge on any atom is 0.299 e.